The number of aliphatic hydroxyl groups is 3. The van der Waals surface area contributed by atoms with E-state index in [-0.39, 0.29) is 5.76 Å². The van der Waals surface area contributed by atoms with Gasteiger partial charge in [0.25, 0.3) is 0 Å². The highest BCUT2D eigenvalue weighted by Gasteiger charge is 2.40. The van der Waals surface area contributed by atoms with Gasteiger partial charge in [-0.3, -0.25) is 0 Å². The van der Waals surface area contributed by atoms with Crippen LogP contribution in [-0.2, 0) is 14.3 Å². The number of carbonyl (C=O) groups is 1. The fourth-order valence-corrected chi connectivity index (χ4v) is 3.44. The lowest BCUT2D eigenvalue weighted by molar-refractivity contribution is -0.148. The first kappa shape index (κ1) is 24.8. The number of unbranched alkanes of at least 4 members (excludes halogenated alkanes) is 13. The summed E-state index contributed by atoms with van der Waals surface area (Å²) in [4.78, 5) is 11.4. The molecule has 28 heavy (non-hydrogen) atoms. The Bertz CT molecular complexity index is 448. The van der Waals surface area contributed by atoms with Crippen LogP contribution in [0, 0.1) is 0 Å². The van der Waals surface area contributed by atoms with Crippen LogP contribution in [0.5, 0.6) is 0 Å². The molecule has 164 valence electrons. The summed E-state index contributed by atoms with van der Waals surface area (Å²) in [5.74, 6) is -1.60. The Kier molecular flexibility index (Phi) is 13.8. The summed E-state index contributed by atoms with van der Waals surface area (Å²) < 4.78 is 10.3. The Labute approximate surface area is 169 Å². The Balaban J connectivity index is 1.96. The first-order valence-electron chi connectivity index (χ1n) is 11.2. The Hall–Kier alpha value is -1.27. The largest absolute Gasteiger partial charge is 0.499 e. The second-order valence-corrected chi connectivity index (χ2v) is 7.73. The summed E-state index contributed by atoms with van der Waals surface area (Å²) in [6, 6.07) is 0. The van der Waals surface area contributed by atoms with E-state index in [9.17, 15) is 15.0 Å². The van der Waals surface area contributed by atoms with Gasteiger partial charge in [0.2, 0.25) is 5.76 Å². The summed E-state index contributed by atoms with van der Waals surface area (Å²) >= 11 is 0. The zero-order valence-corrected chi connectivity index (χ0v) is 17.5. The smallest absolute Gasteiger partial charge is 0.378 e. The molecule has 1 rings (SSSR count). The van der Waals surface area contributed by atoms with Crippen molar-refractivity contribution in [1.29, 1.82) is 0 Å². The molecule has 0 saturated carbocycles. The van der Waals surface area contributed by atoms with Crippen molar-refractivity contribution in [3.05, 3.63) is 11.5 Å². The van der Waals surface area contributed by atoms with Crippen LogP contribution in [0.15, 0.2) is 11.5 Å². The molecule has 1 heterocycles. The highest BCUT2D eigenvalue weighted by molar-refractivity contribution is 5.89. The van der Waals surface area contributed by atoms with Gasteiger partial charge in [-0.1, -0.05) is 90.4 Å². The number of carbonyl (C=O) groups excluding carboxylic acids is 1. The summed E-state index contributed by atoms with van der Waals surface area (Å²) in [5, 5.41) is 28.3. The molecule has 0 aliphatic carbocycles. The van der Waals surface area contributed by atoms with Crippen molar-refractivity contribution in [2.24, 2.45) is 0 Å². The average molecular weight is 401 g/mol. The van der Waals surface area contributed by atoms with Crippen LogP contribution in [0.2, 0.25) is 0 Å². The van der Waals surface area contributed by atoms with E-state index >= 15 is 0 Å². The third kappa shape index (κ3) is 9.78. The molecule has 2 atom stereocenters. The maximum atomic E-state index is 11.4. The number of ether oxygens (including phenoxy) is 2. The molecule has 0 fully saturated rings. The maximum Gasteiger partial charge on any atom is 0.378 e. The Morgan fingerprint density at radius 3 is 1.82 bits per heavy atom. The molecule has 6 heteroatoms. The van der Waals surface area contributed by atoms with Gasteiger partial charge in [0, 0.05) is 0 Å². The maximum absolute atomic E-state index is 11.4. The normalized spacial score (nSPS) is 17.8. The van der Waals surface area contributed by atoms with Gasteiger partial charge in [-0.2, -0.15) is 0 Å². The fraction of sp³-hybridized carbons (Fsp3) is 0.864. The molecule has 0 amide bonds. The molecule has 1 aliphatic rings. The zero-order chi connectivity index (χ0) is 20.6. The number of rotatable bonds is 18. The number of hydrogen-bond acceptors (Lipinski definition) is 6. The molecule has 0 unspecified atom stereocenters. The van der Waals surface area contributed by atoms with Crippen LogP contribution < -0.4 is 0 Å². The van der Waals surface area contributed by atoms with Crippen molar-refractivity contribution < 1.29 is 29.6 Å². The average Bonchev–Trinajstić information content (AvgIpc) is 2.98. The van der Waals surface area contributed by atoms with Crippen LogP contribution in [0.1, 0.15) is 96.8 Å². The molecule has 0 aromatic heterocycles. The Morgan fingerprint density at radius 1 is 0.893 bits per heavy atom. The lowest BCUT2D eigenvalue weighted by Crippen LogP contribution is -2.32. The van der Waals surface area contributed by atoms with Gasteiger partial charge in [0.05, 0.1) is 13.2 Å². The quantitative estimate of drug-likeness (QED) is 0.231. The van der Waals surface area contributed by atoms with E-state index in [4.69, 9.17) is 14.6 Å². The molecule has 0 spiro atoms. The highest BCUT2D eigenvalue weighted by atomic mass is 16.6. The summed E-state index contributed by atoms with van der Waals surface area (Å²) in [7, 11) is 0. The molecule has 0 saturated heterocycles. The second kappa shape index (κ2) is 15.6. The van der Waals surface area contributed by atoms with Crippen LogP contribution in [0.4, 0.5) is 0 Å². The van der Waals surface area contributed by atoms with Crippen molar-refractivity contribution in [2.75, 3.05) is 13.2 Å². The number of esters is 1. The van der Waals surface area contributed by atoms with Gasteiger partial charge in [0.1, 0.15) is 6.10 Å². The number of cyclic esters (lactones) is 1. The molecule has 0 aromatic carbocycles. The van der Waals surface area contributed by atoms with Gasteiger partial charge in [-0.25, -0.2) is 4.79 Å². The molecular weight excluding hydrogens is 360 g/mol. The summed E-state index contributed by atoms with van der Waals surface area (Å²) in [6.45, 7) is 2.03. The van der Waals surface area contributed by atoms with Gasteiger partial charge < -0.3 is 24.8 Å². The molecule has 0 bridgehead atoms. The van der Waals surface area contributed by atoms with Crippen LogP contribution >= 0.6 is 0 Å². The van der Waals surface area contributed by atoms with E-state index in [1.165, 1.54) is 70.6 Å². The van der Waals surface area contributed by atoms with E-state index in [0.717, 1.165) is 19.3 Å². The van der Waals surface area contributed by atoms with E-state index in [2.05, 4.69) is 6.92 Å². The minimum absolute atomic E-state index is 0.0683. The van der Waals surface area contributed by atoms with E-state index in [0.29, 0.717) is 6.61 Å². The molecule has 6 nitrogen and oxygen atoms in total. The minimum Gasteiger partial charge on any atom is -0.499 e. The van der Waals surface area contributed by atoms with Crippen molar-refractivity contribution in [2.45, 2.75) is 109 Å². The van der Waals surface area contributed by atoms with Gasteiger partial charge in [0.15, 0.2) is 11.9 Å². The summed E-state index contributed by atoms with van der Waals surface area (Å²) in [6.07, 6.45) is 15.3. The van der Waals surface area contributed by atoms with Crippen molar-refractivity contribution in [1.82, 2.24) is 0 Å². The monoisotopic (exact) mass is 400 g/mol. The van der Waals surface area contributed by atoms with Crippen molar-refractivity contribution >= 4 is 5.97 Å². The molecule has 1 aliphatic heterocycles. The predicted molar refractivity (Wildman–Crippen MR) is 109 cm³/mol. The molecule has 0 aromatic rings. The van der Waals surface area contributed by atoms with E-state index in [1.54, 1.807) is 0 Å². The van der Waals surface area contributed by atoms with Gasteiger partial charge in [-0.15, -0.1) is 0 Å². The third-order valence-corrected chi connectivity index (χ3v) is 5.21. The van der Waals surface area contributed by atoms with Gasteiger partial charge >= 0.3 is 5.97 Å². The highest BCUT2D eigenvalue weighted by Crippen LogP contribution is 2.25. The van der Waals surface area contributed by atoms with Gasteiger partial charge in [-0.05, 0) is 6.42 Å². The van der Waals surface area contributed by atoms with Crippen molar-refractivity contribution in [3.63, 3.8) is 0 Å². The second-order valence-electron chi connectivity index (χ2n) is 7.73. The molecule has 3 N–H and O–H groups in total. The third-order valence-electron chi connectivity index (χ3n) is 5.21. The lowest BCUT2D eigenvalue weighted by Gasteiger charge is -2.18. The fourth-order valence-electron chi connectivity index (χ4n) is 3.44. The predicted octanol–water partition coefficient (Wildman–Crippen LogP) is 4.53. The first-order valence-corrected chi connectivity index (χ1v) is 11.2. The van der Waals surface area contributed by atoms with Crippen molar-refractivity contribution in [3.8, 4) is 0 Å². The standard InChI is InChI=1S/C22H40O6/c1-2-3-4-5-6-7-8-9-10-11-12-13-14-15-16-27-21-19(25)22(26)28-20(21)18(24)17-23/h18,20,23-25H,2-17H2,1H3/t18-,20+/m0/s1. The van der Waals surface area contributed by atoms with E-state index < -0.39 is 30.5 Å². The molecular formula is C22H40O6. The van der Waals surface area contributed by atoms with Crippen LogP contribution in [-0.4, -0.2) is 46.7 Å². The summed E-state index contributed by atoms with van der Waals surface area (Å²) in [5.41, 5.74) is 0. The first-order chi connectivity index (χ1) is 13.6. The minimum atomic E-state index is -1.29. The molecule has 0 radical (unpaired) electrons. The number of aliphatic hydroxyl groups excluding tert-OH is 3. The SMILES string of the molecule is CCCCCCCCCCCCCCCCOC1=C(O)C(=O)O[C@@H]1[C@@H](O)CO. The van der Waals surface area contributed by atoms with E-state index in [1.807, 2.05) is 0 Å². The lowest BCUT2D eigenvalue weighted by atomic mass is 10.0. The van der Waals surface area contributed by atoms with Crippen LogP contribution in [0.25, 0.3) is 0 Å². The zero-order valence-electron chi connectivity index (χ0n) is 17.5. The number of hydrogen-bond donors (Lipinski definition) is 3. The van der Waals surface area contributed by atoms with Crippen LogP contribution in [0.3, 0.4) is 0 Å². The Morgan fingerprint density at radius 2 is 1.36 bits per heavy atom. The topological polar surface area (TPSA) is 96.2 Å².